The summed E-state index contributed by atoms with van der Waals surface area (Å²) in [7, 11) is -1.68. The smallest absolute Gasteiger partial charge is 0.344 e. The van der Waals surface area contributed by atoms with Gasteiger partial charge in [0.05, 0.1) is 7.11 Å². The molecule has 2 N–H and O–H groups in total. The molecule has 0 radical (unpaired) electrons. The Kier molecular flexibility index (Phi) is 3.03. The molecule has 1 heterocycles. The molecule has 0 saturated heterocycles. The fourth-order valence-electron chi connectivity index (χ4n) is 1.08. The number of ether oxygens (including phenoxy) is 1. The van der Waals surface area contributed by atoms with E-state index in [1.165, 1.54) is 7.05 Å². The largest absolute Gasteiger partial charge is 0.465 e. The van der Waals surface area contributed by atoms with Gasteiger partial charge in [0.25, 0.3) is 10.0 Å². The number of hydrogen-bond donors (Lipinski definition) is 1. The first-order valence-electron chi connectivity index (χ1n) is 3.62. The number of methoxy groups -OCH3 is 1. The third kappa shape index (κ3) is 2.11. The van der Waals surface area contributed by atoms with E-state index < -0.39 is 21.0 Å². The molecule has 0 aliphatic carbocycles. The lowest BCUT2D eigenvalue weighted by atomic mass is 10.4. The third-order valence-electron chi connectivity index (χ3n) is 1.61. The number of sulfonamides is 1. The van der Waals surface area contributed by atoms with Crippen molar-refractivity contribution in [3.8, 4) is 0 Å². The first-order valence-corrected chi connectivity index (χ1v) is 5.55. The molecule has 0 unspecified atom stereocenters. The Labute approximate surface area is 90.8 Å². The van der Waals surface area contributed by atoms with Gasteiger partial charge in [0, 0.05) is 7.05 Å². The highest BCUT2D eigenvalue weighted by Gasteiger charge is 2.29. The summed E-state index contributed by atoms with van der Waals surface area (Å²) in [6.45, 7) is 0. The lowest BCUT2D eigenvalue weighted by molar-refractivity contribution is 0.0596. The molecule has 1 aromatic heterocycles. The van der Waals surface area contributed by atoms with Crippen LogP contribution in [-0.4, -0.2) is 31.3 Å². The van der Waals surface area contributed by atoms with E-state index in [2.05, 4.69) is 9.84 Å². The number of hydrogen-bond acceptors (Lipinski definition) is 5. The van der Waals surface area contributed by atoms with Crippen molar-refractivity contribution in [1.82, 2.24) is 9.78 Å². The molecular weight excluding hydrogens is 246 g/mol. The summed E-state index contributed by atoms with van der Waals surface area (Å²) in [5.74, 6) is -0.905. The van der Waals surface area contributed by atoms with Crippen molar-refractivity contribution >= 4 is 27.6 Å². The summed E-state index contributed by atoms with van der Waals surface area (Å²) >= 11 is 5.58. The van der Waals surface area contributed by atoms with E-state index in [0.29, 0.717) is 0 Å². The van der Waals surface area contributed by atoms with Crippen LogP contribution in [0.1, 0.15) is 10.4 Å². The van der Waals surface area contributed by atoms with E-state index in [9.17, 15) is 13.2 Å². The van der Waals surface area contributed by atoms with Gasteiger partial charge >= 0.3 is 5.97 Å². The van der Waals surface area contributed by atoms with Gasteiger partial charge in [-0.15, -0.1) is 0 Å². The summed E-state index contributed by atoms with van der Waals surface area (Å²) in [5.41, 5.74) is -0.357. The number of aryl methyl sites for hydroxylation is 1. The average molecular weight is 254 g/mol. The van der Waals surface area contributed by atoms with Crippen molar-refractivity contribution in [2.24, 2.45) is 12.2 Å². The number of primary sulfonamides is 1. The first-order chi connectivity index (χ1) is 6.79. The fourth-order valence-corrected chi connectivity index (χ4v) is 2.29. The molecule has 0 aromatic carbocycles. The minimum absolute atomic E-state index is 0.270. The van der Waals surface area contributed by atoms with Crippen molar-refractivity contribution in [3.05, 3.63) is 10.7 Å². The summed E-state index contributed by atoms with van der Waals surface area (Å²) < 4.78 is 27.6. The van der Waals surface area contributed by atoms with Crippen molar-refractivity contribution in [2.75, 3.05) is 7.11 Å². The normalized spacial score (nSPS) is 11.5. The van der Waals surface area contributed by atoms with E-state index in [0.717, 1.165) is 11.8 Å². The Bertz CT molecular complexity index is 507. The topological polar surface area (TPSA) is 104 Å². The van der Waals surface area contributed by atoms with Crippen LogP contribution >= 0.6 is 11.6 Å². The maximum atomic E-state index is 11.2. The van der Waals surface area contributed by atoms with Gasteiger partial charge in [-0.2, -0.15) is 5.10 Å². The second-order valence-corrected chi connectivity index (χ2v) is 4.47. The average Bonchev–Trinajstić information content (AvgIpc) is 2.38. The maximum Gasteiger partial charge on any atom is 0.344 e. The van der Waals surface area contributed by atoms with Gasteiger partial charge in [-0.05, 0) is 0 Å². The molecule has 7 nitrogen and oxygen atoms in total. The molecule has 15 heavy (non-hydrogen) atoms. The molecule has 84 valence electrons. The second kappa shape index (κ2) is 3.80. The van der Waals surface area contributed by atoms with Gasteiger partial charge in [-0.1, -0.05) is 11.6 Å². The van der Waals surface area contributed by atoms with Crippen LogP contribution in [0.3, 0.4) is 0 Å². The molecule has 0 bridgehead atoms. The van der Waals surface area contributed by atoms with Gasteiger partial charge in [0.2, 0.25) is 0 Å². The minimum Gasteiger partial charge on any atom is -0.465 e. The van der Waals surface area contributed by atoms with Crippen LogP contribution < -0.4 is 5.14 Å². The number of esters is 1. The number of carbonyl (C=O) groups excluding carboxylic acids is 1. The Morgan fingerprint density at radius 3 is 2.53 bits per heavy atom. The predicted octanol–water partition coefficient (Wildman–Crippen LogP) is -0.493. The standard InChI is InChI=1S/C6H8ClN3O4S/c1-10-5(15(8,12)13)3(4(7)9-10)6(11)14-2/h1-2H3,(H2,8,12,13). The zero-order chi connectivity index (χ0) is 11.8. The zero-order valence-corrected chi connectivity index (χ0v) is 9.46. The Hall–Kier alpha value is -1.12. The number of nitrogens with two attached hydrogens (primary N) is 1. The van der Waals surface area contributed by atoms with Crippen LogP contribution in [0, 0.1) is 0 Å². The number of rotatable bonds is 2. The van der Waals surface area contributed by atoms with E-state index >= 15 is 0 Å². The number of halogens is 1. The van der Waals surface area contributed by atoms with E-state index in [4.69, 9.17) is 16.7 Å². The zero-order valence-electron chi connectivity index (χ0n) is 7.89. The molecule has 0 fully saturated rings. The van der Waals surface area contributed by atoms with E-state index in [1.807, 2.05) is 0 Å². The fraction of sp³-hybridized carbons (Fsp3) is 0.333. The molecule has 1 rings (SSSR count). The highest BCUT2D eigenvalue weighted by atomic mass is 35.5. The molecule has 1 aromatic rings. The minimum atomic E-state index is -4.08. The Balaban J connectivity index is 3.58. The number of nitrogens with zero attached hydrogens (tertiary/aromatic N) is 2. The molecule has 0 aliphatic rings. The van der Waals surface area contributed by atoms with E-state index in [1.54, 1.807) is 0 Å². The summed E-state index contributed by atoms with van der Waals surface area (Å²) in [4.78, 5) is 11.2. The lowest BCUT2D eigenvalue weighted by Crippen LogP contribution is -2.20. The molecular formula is C6H8ClN3O4S. The number of aromatic nitrogens is 2. The number of carbonyl (C=O) groups is 1. The van der Waals surface area contributed by atoms with Gasteiger partial charge < -0.3 is 4.74 Å². The SMILES string of the molecule is COC(=O)c1c(Cl)nn(C)c1S(N)(=O)=O. The Morgan fingerprint density at radius 1 is 1.60 bits per heavy atom. The molecule has 0 amide bonds. The monoisotopic (exact) mass is 253 g/mol. The van der Waals surface area contributed by atoms with Crippen molar-refractivity contribution in [2.45, 2.75) is 5.03 Å². The molecule has 0 spiro atoms. The highest BCUT2D eigenvalue weighted by Crippen LogP contribution is 2.22. The molecule has 0 aliphatic heterocycles. The first kappa shape index (κ1) is 12.0. The molecule has 0 atom stereocenters. The summed E-state index contributed by atoms with van der Waals surface area (Å²) in [5, 5.41) is 7.73. The van der Waals surface area contributed by atoms with Crippen LogP contribution in [0.4, 0.5) is 0 Å². The van der Waals surface area contributed by atoms with Gasteiger partial charge in [-0.3, -0.25) is 4.68 Å². The summed E-state index contributed by atoms with van der Waals surface area (Å²) in [6, 6.07) is 0. The van der Waals surface area contributed by atoms with Crippen molar-refractivity contribution < 1.29 is 17.9 Å². The van der Waals surface area contributed by atoms with Crippen LogP contribution in [0.2, 0.25) is 5.15 Å². The van der Waals surface area contributed by atoms with Crippen molar-refractivity contribution in [3.63, 3.8) is 0 Å². The van der Waals surface area contributed by atoms with Gasteiger partial charge in [0.15, 0.2) is 10.2 Å². The van der Waals surface area contributed by atoms with Crippen molar-refractivity contribution in [1.29, 1.82) is 0 Å². The van der Waals surface area contributed by atoms with Crippen LogP contribution in [0.25, 0.3) is 0 Å². The molecule has 0 saturated carbocycles. The van der Waals surface area contributed by atoms with E-state index in [-0.39, 0.29) is 10.7 Å². The van der Waals surface area contributed by atoms with Crippen LogP contribution in [0.15, 0.2) is 5.03 Å². The van der Waals surface area contributed by atoms with Crippen LogP contribution in [0.5, 0.6) is 0 Å². The quantitative estimate of drug-likeness (QED) is 0.716. The highest BCUT2D eigenvalue weighted by molar-refractivity contribution is 7.89. The van der Waals surface area contributed by atoms with Gasteiger partial charge in [0.1, 0.15) is 5.56 Å². The third-order valence-corrected chi connectivity index (χ3v) is 2.88. The second-order valence-electron chi connectivity index (χ2n) is 2.63. The Morgan fingerprint density at radius 2 is 2.13 bits per heavy atom. The lowest BCUT2D eigenvalue weighted by Gasteiger charge is -2.01. The summed E-state index contributed by atoms with van der Waals surface area (Å²) in [6.07, 6.45) is 0. The van der Waals surface area contributed by atoms with Gasteiger partial charge in [-0.25, -0.2) is 18.4 Å². The molecule has 9 heteroatoms. The predicted molar refractivity (Wildman–Crippen MR) is 50.9 cm³/mol. The maximum absolute atomic E-state index is 11.2. The van der Waals surface area contributed by atoms with Crippen LogP contribution in [-0.2, 0) is 21.8 Å².